The minimum atomic E-state index is -1.02. The van der Waals surface area contributed by atoms with Crippen molar-refractivity contribution in [2.24, 2.45) is 0 Å². The second-order valence-corrected chi connectivity index (χ2v) is 4.23. The summed E-state index contributed by atoms with van der Waals surface area (Å²) in [5.74, 6) is 0.0305. The molecule has 0 spiro atoms. The predicted molar refractivity (Wildman–Crippen MR) is 69.9 cm³/mol. The van der Waals surface area contributed by atoms with Crippen LogP contribution in [0.3, 0.4) is 0 Å². The van der Waals surface area contributed by atoms with Crippen molar-refractivity contribution in [2.45, 2.75) is 12.5 Å². The molecule has 1 aliphatic rings. The molecule has 1 aromatic carbocycles. The number of para-hydroxylation sites is 1. The van der Waals surface area contributed by atoms with Gasteiger partial charge in [0.05, 0.1) is 13.2 Å². The summed E-state index contributed by atoms with van der Waals surface area (Å²) in [6.45, 7) is 0. The van der Waals surface area contributed by atoms with E-state index in [0.29, 0.717) is 5.75 Å². The first-order valence-electron chi connectivity index (χ1n) is 5.89. The van der Waals surface area contributed by atoms with E-state index in [1.807, 2.05) is 18.2 Å². The topological polar surface area (TPSA) is 63.6 Å². The lowest BCUT2D eigenvalue weighted by Gasteiger charge is -2.16. The Morgan fingerprint density at radius 2 is 1.95 bits per heavy atom. The quantitative estimate of drug-likeness (QED) is 0.825. The number of rotatable bonds is 4. The summed E-state index contributed by atoms with van der Waals surface area (Å²) in [4.78, 5) is 22.9. The number of carbonyl (C=O) groups is 2. The standard InChI is InChI=1S/C15H14O4/c1-19-15-5-3-2-4-10(15)8-14(18)12-9-11(16)6-7-13(12)17/h2-7,9,14,18H,8H2,1H3. The number of hydrogen-bond acceptors (Lipinski definition) is 4. The van der Waals surface area contributed by atoms with Crippen LogP contribution in [0, 0.1) is 0 Å². The van der Waals surface area contributed by atoms with Gasteiger partial charge in [-0.2, -0.15) is 0 Å². The molecule has 2 rings (SSSR count). The third kappa shape index (κ3) is 2.98. The van der Waals surface area contributed by atoms with Crippen molar-refractivity contribution in [3.05, 3.63) is 53.6 Å². The average Bonchev–Trinajstić information content (AvgIpc) is 2.42. The number of allylic oxidation sites excluding steroid dienone is 3. The molecule has 4 heteroatoms. The van der Waals surface area contributed by atoms with Gasteiger partial charge in [-0.15, -0.1) is 0 Å². The summed E-state index contributed by atoms with van der Waals surface area (Å²) in [5, 5.41) is 10.1. The molecule has 1 atom stereocenters. The van der Waals surface area contributed by atoms with E-state index in [2.05, 4.69) is 0 Å². The summed E-state index contributed by atoms with van der Waals surface area (Å²) in [6, 6.07) is 7.25. The Morgan fingerprint density at radius 3 is 2.68 bits per heavy atom. The van der Waals surface area contributed by atoms with Crippen LogP contribution in [0.1, 0.15) is 5.56 Å². The largest absolute Gasteiger partial charge is 0.496 e. The average molecular weight is 258 g/mol. The lowest BCUT2D eigenvalue weighted by molar-refractivity contribution is -0.115. The molecule has 1 N–H and O–H groups in total. The zero-order valence-electron chi connectivity index (χ0n) is 10.5. The van der Waals surface area contributed by atoms with Crippen molar-refractivity contribution in [1.29, 1.82) is 0 Å². The van der Waals surface area contributed by atoms with E-state index in [0.717, 1.165) is 5.56 Å². The smallest absolute Gasteiger partial charge is 0.184 e. The number of carbonyl (C=O) groups excluding carboxylic acids is 2. The van der Waals surface area contributed by atoms with E-state index in [-0.39, 0.29) is 23.6 Å². The molecule has 0 radical (unpaired) electrons. The highest BCUT2D eigenvalue weighted by Crippen LogP contribution is 2.22. The molecular weight excluding hydrogens is 244 g/mol. The number of ether oxygens (including phenoxy) is 1. The predicted octanol–water partition coefficient (Wildman–Crippen LogP) is 1.23. The maximum Gasteiger partial charge on any atom is 0.184 e. The number of methoxy groups -OCH3 is 1. The van der Waals surface area contributed by atoms with Gasteiger partial charge in [-0.25, -0.2) is 0 Å². The van der Waals surface area contributed by atoms with Gasteiger partial charge >= 0.3 is 0 Å². The van der Waals surface area contributed by atoms with Crippen LogP contribution in [0.25, 0.3) is 0 Å². The first-order chi connectivity index (χ1) is 9.11. The summed E-state index contributed by atoms with van der Waals surface area (Å²) in [7, 11) is 1.54. The Morgan fingerprint density at radius 1 is 1.21 bits per heavy atom. The summed E-state index contributed by atoms with van der Waals surface area (Å²) in [6.07, 6.45) is 2.77. The van der Waals surface area contributed by atoms with Crippen LogP contribution in [-0.2, 0) is 16.0 Å². The van der Waals surface area contributed by atoms with Crippen LogP contribution >= 0.6 is 0 Å². The Hall–Kier alpha value is -2.20. The van der Waals surface area contributed by atoms with Crippen molar-refractivity contribution in [2.75, 3.05) is 7.11 Å². The summed E-state index contributed by atoms with van der Waals surface area (Å²) >= 11 is 0. The Bertz CT molecular complexity index is 569. The maximum atomic E-state index is 11.6. The molecule has 1 aliphatic carbocycles. The lowest BCUT2D eigenvalue weighted by Crippen LogP contribution is -2.22. The van der Waals surface area contributed by atoms with Gasteiger partial charge in [-0.1, -0.05) is 18.2 Å². The molecule has 0 saturated heterocycles. The van der Waals surface area contributed by atoms with Gasteiger partial charge in [-0.05, 0) is 29.9 Å². The fourth-order valence-electron chi connectivity index (χ4n) is 1.98. The molecule has 98 valence electrons. The van der Waals surface area contributed by atoms with Crippen LogP contribution in [0.4, 0.5) is 0 Å². The highest BCUT2D eigenvalue weighted by atomic mass is 16.5. The van der Waals surface area contributed by atoms with E-state index in [4.69, 9.17) is 4.74 Å². The zero-order chi connectivity index (χ0) is 13.8. The van der Waals surface area contributed by atoms with Crippen LogP contribution in [-0.4, -0.2) is 29.9 Å². The molecule has 0 aromatic heterocycles. The van der Waals surface area contributed by atoms with Crippen LogP contribution in [0.15, 0.2) is 48.1 Å². The van der Waals surface area contributed by atoms with E-state index in [1.54, 1.807) is 13.2 Å². The lowest BCUT2D eigenvalue weighted by atomic mass is 9.94. The summed E-state index contributed by atoms with van der Waals surface area (Å²) < 4.78 is 5.19. The molecule has 0 fully saturated rings. The normalized spacial score (nSPS) is 16.2. The van der Waals surface area contributed by atoms with Crippen molar-refractivity contribution in [3.63, 3.8) is 0 Å². The van der Waals surface area contributed by atoms with E-state index in [9.17, 15) is 14.7 Å². The maximum absolute atomic E-state index is 11.6. The highest BCUT2D eigenvalue weighted by Gasteiger charge is 2.22. The first kappa shape index (κ1) is 13.2. The number of aliphatic hydroxyl groups excluding tert-OH is 1. The Labute approximate surface area is 111 Å². The zero-order valence-corrected chi connectivity index (χ0v) is 10.5. The molecular formula is C15H14O4. The molecule has 0 heterocycles. The third-order valence-electron chi connectivity index (χ3n) is 2.95. The number of aliphatic hydroxyl groups is 1. The van der Waals surface area contributed by atoms with Crippen molar-refractivity contribution in [1.82, 2.24) is 0 Å². The molecule has 4 nitrogen and oxygen atoms in total. The first-order valence-corrected chi connectivity index (χ1v) is 5.89. The second-order valence-electron chi connectivity index (χ2n) is 4.23. The van der Waals surface area contributed by atoms with Gasteiger partial charge in [0.25, 0.3) is 0 Å². The number of hydrogen-bond donors (Lipinski definition) is 1. The fourth-order valence-corrected chi connectivity index (χ4v) is 1.98. The van der Waals surface area contributed by atoms with Crippen LogP contribution in [0.5, 0.6) is 5.75 Å². The minimum Gasteiger partial charge on any atom is -0.496 e. The minimum absolute atomic E-state index is 0.124. The van der Waals surface area contributed by atoms with Crippen molar-refractivity contribution < 1.29 is 19.4 Å². The molecule has 1 unspecified atom stereocenters. The number of benzene rings is 1. The van der Waals surface area contributed by atoms with E-state index < -0.39 is 6.10 Å². The molecule has 0 bridgehead atoms. The monoisotopic (exact) mass is 258 g/mol. The van der Waals surface area contributed by atoms with Gasteiger partial charge in [0.15, 0.2) is 11.6 Å². The van der Waals surface area contributed by atoms with E-state index in [1.165, 1.54) is 18.2 Å². The molecule has 0 aliphatic heterocycles. The SMILES string of the molecule is COc1ccccc1CC(O)C1=CC(=O)C=CC1=O. The molecule has 19 heavy (non-hydrogen) atoms. The molecule has 0 saturated carbocycles. The Balaban J connectivity index is 2.19. The van der Waals surface area contributed by atoms with Gasteiger partial charge in [0.2, 0.25) is 0 Å². The Kier molecular flexibility index (Phi) is 3.92. The van der Waals surface area contributed by atoms with Gasteiger partial charge < -0.3 is 9.84 Å². The fraction of sp³-hybridized carbons (Fsp3) is 0.200. The van der Waals surface area contributed by atoms with Gasteiger partial charge in [0.1, 0.15) is 5.75 Å². The van der Waals surface area contributed by atoms with Gasteiger partial charge in [0, 0.05) is 12.0 Å². The molecule has 1 aromatic rings. The third-order valence-corrected chi connectivity index (χ3v) is 2.95. The van der Waals surface area contributed by atoms with E-state index >= 15 is 0 Å². The van der Waals surface area contributed by atoms with Crippen LogP contribution in [0.2, 0.25) is 0 Å². The summed E-state index contributed by atoms with van der Waals surface area (Å²) in [5.41, 5.74) is 0.909. The number of ketones is 2. The second kappa shape index (κ2) is 5.63. The van der Waals surface area contributed by atoms with Gasteiger partial charge in [-0.3, -0.25) is 9.59 Å². The molecule has 0 amide bonds. The van der Waals surface area contributed by atoms with Crippen molar-refractivity contribution >= 4 is 11.6 Å². The van der Waals surface area contributed by atoms with Crippen LogP contribution < -0.4 is 4.74 Å². The highest BCUT2D eigenvalue weighted by molar-refractivity contribution is 6.17. The van der Waals surface area contributed by atoms with Crippen molar-refractivity contribution in [3.8, 4) is 5.75 Å².